The zero-order valence-electron chi connectivity index (χ0n) is 13.7. The molecule has 0 amide bonds. The lowest BCUT2D eigenvalue weighted by Crippen LogP contribution is -2.51. The van der Waals surface area contributed by atoms with Crippen LogP contribution in [0, 0.1) is 0 Å². The van der Waals surface area contributed by atoms with Crippen LogP contribution in [-0.4, -0.2) is 69.3 Å². The number of guanidine groups is 1. The van der Waals surface area contributed by atoms with Gasteiger partial charge in [-0.1, -0.05) is 0 Å². The predicted molar refractivity (Wildman–Crippen MR) is 110 cm³/mol. The van der Waals surface area contributed by atoms with Gasteiger partial charge in [-0.25, -0.2) is 18.1 Å². The molecule has 2 heterocycles. The molecule has 1 aliphatic heterocycles. The van der Waals surface area contributed by atoms with Gasteiger partial charge in [-0.05, 0) is 13.3 Å². The summed E-state index contributed by atoms with van der Waals surface area (Å²) >= 11 is 1.64. The van der Waals surface area contributed by atoms with Crippen LogP contribution >= 0.6 is 35.3 Å². The molecule has 1 saturated heterocycles. The highest BCUT2D eigenvalue weighted by molar-refractivity contribution is 14.0. The summed E-state index contributed by atoms with van der Waals surface area (Å²) in [4.78, 5) is 12.9. The highest BCUT2D eigenvalue weighted by atomic mass is 127. The number of nitrogens with one attached hydrogen (secondary N) is 1. The van der Waals surface area contributed by atoms with Crippen molar-refractivity contribution in [3.63, 3.8) is 0 Å². The number of aliphatic imine (C=N–C) groups is 1. The molecule has 138 valence electrons. The van der Waals surface area contributed by atoms with E-state index in [4.69, 9.17) is 5.73 Å². The molecule has 2 rings (SSSR count). The smallest absolute Gasteiger partial charge is 0.211 e. The molecular formula is C13H25IN6O2S2. The average molecular weight is 488 g/mol. The normalized spacial score (nSPS) is 16.1. The third-order valence-corrected chi connectivity index (χ3v) is 5.84. The van der Waals surface area contributed by atoms with Crippen LogP contribution in [0.3, 0.4) is 0 Å². The molecule has 0 bridgehead atoms. The summed E-state index contributed by atoms with van der Waals surface area (Å²) in [5, 5.41) is 3.02. The lowest BCUT2D eigenvalue weighted by Gasteiger charge is -2.35. The van der Waals surface area contributed by atoms with Crippen LogP contribution in [0.15, 0.2) is 16.6 Å². The van der Waals surface area contributed by atoms with Crippen molar-refractivity contribution < 1.29 is 8.42 Å². The second-order valence-electron chi connectivity index (χ2n) is 5.18. The van der Waals surface area contributed by atoms with E-state index in [9.17, 15) is 8.42 Å². The van der Waals surface area contributed by atoms with Crippen LogP contribution in [0.5, 0.6) is 0 Å². The van der Waals surface area contributed by atoms with Crippen molar-refractivity contribution in [3.8, 4) is 0 Å². The Morgan fingerprint density at radius 3 is 2.71 bits per heavy atom. The molecule has 0 saturated carbocycles. The number of aromatic nitrogens is 1. The zero-order chi connectivity index (χ0) is 16.7. The maximum atomic E-state index is 11.3. The summed E-state index contributed by atoms with van der Waals surface area (Å²) in [5.74, 6) is 0.629. The number of sulfonamides is 1. The van der Waals surface area contributed by atoms with Gasteiger partial charge in [0.2, 0.25) is 10.0 Å². The Kier molecular flexibility index (Phi) is 9.23. The van der Waals surface area contributed by atoms with Crippen molar-refractivity contribution in [2.45, 2.75) is 13.3 Å². The fraction of sp³-hybridized carbons (Fsp3) is 0.692. The minimum absolute atomic E-state index is 0. The van der Waals surface area contributed by atoms with Crippen LogP contribution in [0.1, 0.15) is 13.3 Å². The molecule has 0 aliphatic carbocycles. The standard InChI is InChI=1S/C13H24N6O2S2.HI/c1-2-23(20,21)17-5-3-4-15-12(14)18-7-9-19(10-8-18)13-16-6-11-22-13;/h6,11,17H,2-5,7-10H2,1H3,(H2,14,15);1H. The summed E-state index contributed by atoms with van der Waals surface area (Å²) in [7, 11) is -3.12. The highest BCUT2D eigenvalue weighted by Crippen LogP contribution is 2.18. The Bertz CT molecular complexity index is 600. The van der Waals surface area contributed by atoms with Gasteiger partial charge in [0.25, 0.3) is 0 Å². The van der Waals surface area contributed by atoms with Gasteiger partial charge in [0, 0.05) is 50.8 Å². The van der Waals surface area contributed by atoms with Crippen LogP contribution < -0.4 is 15.4 Å². The van der Waals surface area contributed by atoms with Gasteiger partial charge >= 0.3 is 0 Å². The lowest BCUT2D eigenvalue weighted by atomic mass is 10.3. The summed E-state index contributed by atoms with van der Waals surface area (Å²) in [6.07, 6.45) is 2.45. The SMILES string of the molecule is CCS(=O)(=O)NCCCN=C(N)N1CCN(c2nccs2)CC1.I. The number of hydrogen-bond acceptors (Lipinski definition) is 6. The van der Waals surface area contributed by atoms with E-state index in [0.29, 0.717) is 25.5 Å². The predicted octanol–water partition coefficient (Wildman–Crippen LogP) is 0.527. The molecule has 0 spiro atoms. The van der Waals surface area contributed by atoms with Gasteiger partial charge in [0.15, 0.2) is 11.1 Å². The topological polar surface area (TPSA) is 104 Å². The van der Waals surface area contributed by atoms with E-state index in [-0.39, 0.29) is 29.7 Å². The van der Waals surface area contributed by atoms with E-state index in [1.165, 1.54) is 0 Å². The Morgan fingerprint density at radius 2 is 2.12 bits per heavy atom. The van der Waals surface area contributed by atoms with E-state index in [0.717, 1.165) is 31.3 Å². The number of anilines is 1. The number of rotatable bonds is 7. The van der Waals surface area contributed by atoms with Crippen LogP contribution in [0.25, 0.3) is 0 Å². The van der Waals surface area contributed by atoms with E-state index in [1.807, 2.05) is 11.6 Å². The molecule has 0 atom stereocenters. The summed E-state index contributed by atoms with van der Waals surface area (Å²) < 4.78 is 25.1. The van der Waals surface area contributed by atoms with Crippen LogP contribution in [0.2, 0.25) is 0 Å². The third-order valence-electron chi connectivity index (χ3n) is 3.60. The van der Waals surface area contributed by atoms with Crippen molar-refractivity contribution in [2.24, 2.45) is 10.7 Å². The summed E-state index contributed by atoms with van der Waals surface area (Å²) in [5.41, 5.74) is 6.01. The van der Waals surface area contributed by atoms with Gasteiger partial charge < -0.3 is 15.5 Å². The maximum Gasteiger partial charge on any atom is 0.211 e. The van der Waals surface area contributed by atoms with Gasteiger partial charge in [-0.3, -0.25) is 4.99 Å². The summed E-state index contributed by atoms with van der Waals surface area (Å²) in [6.45, 7) is 5.91. The largest absolute Gasteiger partial charge is 0.370 e. The Hall–Kier alpha value is -0.660. The van der Waals surface area contributed by atoms with Crippen molar-refractivity contribution >= 4 is 56.4 Å². The van der Waals surface area contributed by atoms with Crippen molar-refractivity contribution in [2.75, 3.05) is 49.9 Å². The number of piperazine rings is 1. The van der Waals surface area contributed by atoms with E-state index in [1.54, 1.807) is 18.3 Å². The Labute approximate surface area is 164 Å². The molecule has 0 radical (unpaired) electrons. The number of nitrogens with two attached hydrogens (primary N) is 1. The molecule has 1 aliphatic rings. The Balaban J connectivity index is 0.00000288. The molecule has 24 heavy (non-hydrogen) atoms. The fourth-order valence-corrected chi connectivity index (χ4v) is 3.56. The van der Waals surface area contributed by atoms with E-state index in [2.05, 4.69) is 24.5 Å². The minimum Gasteiger partial charge on any atom is -0.370 e. The molecule has 8 nitrogen and oxygen atoms in total. The average Bonchev–Trinajstić information content (AvgIpc) is 3.09. The second-order valence-corrected chi connectivity index (χ2v) is 8.15. The highest BCUT2D eigenvalue weighted by Gasteiger charge is 2.19. The van der Waals surface area contributed by atoms with Gasteiger partial charge in [0.1, 0.15) is 0 Å². The molecule has 3 N–H and O–H groups in total. The minimum atomic E-state index is -3.12. The second kappa shape index (κ2) is 10.4. The summed E-state index contributed by atoms with van der Waals surface area (Å²) in [6, 6.07) is 0. The lowest BCUT2D eigenvalue weighted by molar-refractivity contribution is 0.380. The Morgan fingerprint density at radius 1 is 1.42 bits per heavy atom. The van der Waals surface area contributed by atoms with Crippen molar-refractivity contribution in [1.82, 2.24) is 14.6 Å². The molecule has 11 heteroatoms. The first-order chi connectivity index (χ1) is 11.0. The van der Waals surface area contributed by atoms with Gasteiger partial charge in [0.05, 0.1) is 5.75 Å². The third kappa shape index (κ3) is 6.69. The molecular weight excluding hydrogens is 463 g/mol. The monoisotopic (exact) mass is 488 g/mol. The molecule has 0 aromatic carbocycles. The fourth-order valence-electron chi connectivity index (χ4n) is 2.20. The maximum absolute atomic E-state index is 11.3. The zero-order valence-corrected chi connectivity index (χ0v) is 17.7. The molecule has 0 unspecified atom stereocenters. The van der Waals surface area contributed by atoms with E-state index >= 15 is 0 Å². The quantitative estimate of drug-likeness (QED) is 0.251. The van der Waals surface area contributed by atoms with Crippen LogP contribution in [-0.2, 0) is 10.0 Å². The first kappa shape index (κ1) is 21.4. The van der Waals surface area contributed by atoms with Gasteiger partial charge in [-0.2, -0.15) is 0 Å². The number of hydrogen-bond donors (Lipinski definition) is 2. The molecule has 1 aromatic rings. The number of thiazole rings is 1. The molecule has 1 fully saturated rings. The first-order valence-electron chi connectivity index (χ1n) is 7.68. The van der Waals surface area contributed by atoms with Crippen LogP contribution in [0.4, 0.5) is 5.13 Å². The van der Waals surface area contributed by atoms with Crippen molar-refractivity contribution in [1.29, 1.82) is 0 Å². The number of halogens is 1. The van der Waals surface area contributed by atoms with E-state index < -0.39 is 10.0 Å². The van der Waals surface area contributed by atoms with Gasteiger partial charge in [-0.15, -0.1) is 35.3 Å². The molecule has 1 aromatic heterocycles. The van der Waals surface area contributed by atoms with Crippen molar-refractivity contribution in [3.05, 3.63) is 11.6 Å². The first-order valence-corrected chi connectivity index (χ1v) is 10.2. The number of nitrogens with zero attached hydrogens (tertiary/aromatic N) is 4.